The number of hydrazone groups is 1. The predicted molar refractivity (Wildman–Crippen MR) is 89.0 cm³/mol. The Bertz CT molecular complexity index is 989. The molecule has 2 aliphatic heterocycles. The van der Waals surface area contributed by atoms with E-state index in [0.717, 1.165) is 24.3 Å². The number of carbonyl (C=O) groups is 1. The number of aryl methyl sites for hydroxylation is 1. The number of anilines is 1. The number of carbonyl (C=O) groups excluding carboxylic acids is 1. The van der Waals surface area contributed by atoms with Crippen LogP contribution in [0.4, 0.5) is 23.2 Å². The number of aromatic nitrogens is 1. The van der Waals surface area contributed by atoms with Crippen LogP contribution < -0.4 is 5.01 Å². The molecule has 0 saturated carbocycles. The fraction of sp³-hybridized carbons (Fsp3) is 0.278. The van der Waals surface area contributed by atoms with E-state index in [0.29, 0.717) is 10.6 Å². The van der Waals surface area contributed by atoms with Crippen molar-refractivity contribution in [1.82, 2.24) is 4.98 Å². The number of alkyl halides is 3. The highest BCUT2D eigenvalue weighted by Crippen LogP contribution is 2.47. The zero-order chi connectivity index (χ0) is 20.2. The molecule has 0 saturated heterocycles. The Hall–Kier alpha value is -3.01. The summed E-state index contributed by atoms with van der Waals surface area (Å²) >= 11 is 0. The van der Waals surface area contributed by atoms with Gasteiger partial charge < -0.3 is 9.84 Å². The van der Waals surface area contributed by atoms with Crippen LogP contribution >= 0.6 is 0 Å². The first-order chi connectivity index (χ1) is 13.2. The molecule has 4 rings (SSSR count). The second-order valence-corrected chi connectivity index (χ2v) is 6.45. The lowest BCUT2D eigenvalue weighted by molar-refractivity contribution is -0.125. The first-order valence-corrected chi connectivity index (χ1v) is 8.22. The lowest BCUT2D eigenvalue weighted by atomic mass is 9.89. The zero-order valence-corrected chi connectivity index (χ0v) is 14.4. The minimum Gasteiger partial charge on any atom is -0.506 e. The Labute approximate surface area is 156 Å². The van der Waals surface area contributed by atoms with Crippen molar-refractivity contribution in [3.8, 4) is 5.75 Å². The highest BCUT2D eigenvalue weighted by molar-refractivity contribution is 6.18. The Morgan fingerprint density at radius 1 is 1.25 bits per heavy atom. The number of aromatic hydroxyl groups is 1. The summed E-state index contributed by atoms with van der Waals surface area (Å²) in [6, 6.07) is 4.34. The van der Waals surface area contributed by atoms with Gasteiger partial charge >= 0.3 is 6.18 Å². The normalized spacial score (nSPS) is 21.8. The fourth-order valence-electron chi connectivity index (χ4n) is 3.35. The van der Waals surface area contributed by atoms with Gasteiger partial charge in [-0.25, -0.2) is 4.39 Å². The summed E-state index contributed by atoms with van der Waals surface area (Å²) in [5, 5.41) is 14.4. The van der Waals surface area contributed by atoms with E-state index in [1.165, 1.54) is 13.1 Å². The number of hydrogen-bond acceptors (Lipinski definition) is 5. The van der Waals surface area contributed by atoms with Gasteiger partial charge in [0.25, 0.3) is 5.91 Å². The third-order valence-electron chi connectivity index (χ3n) is 4.70. The summed E-state index contributed by atoms with van der Waals surface area (Å²) in [5.74, 6) is -3.70. The average Bonchev–Trinajstić information content (AvgIpc) is 3.20. The van der Waals surface area contributed by atoms with Gasteiger partial charge in [-0.15, -0.1) is 0 Å². The molecule has 2 aliphatic rings. The number of benzene rings is 1. The van der Waals surface area contributed by atoms with E-state index >= 15 is 0 Å². The first-order valence-electron chi connectivity index (χ1n) is 8.22. The third kappa shape index (κ3) is 2.80. The Morgan fingerprint density at radius 2 is 1.93 bits per heavy atom. The topological polar surface area (TPSA) is 75.0 Å². The minimum atomic E-state index is -4.90. The summed E-state index contributed by atoms with van der Waals surface area (Å²) in [4.78, 5) is 16.8. The molecule has 0 spiro atoms. The highest BCUT2D eigenvalue weighted by Gasteiger charge is 2.55. The first kappa shape index (κ1) is 18.4. The number of halogens is 4. The monoisotopic (exact) mass is 395 g/mol. The summed E-state index contributed by atoms with van der Waals surface area (Å²) in [6.07, 6.45) is -4.87. The molecule has 1 amide bonds. The summed E-state index contributed by atoms with van der Waals surface area (Å²) in [6.45, 7) is 1.40. The van der Waals surface area contributed by atoms with Gasteiger partial charge in [0.2, 0.25) is 0 Å². The smallest absolute Gasteiger partial charge is 0.432 e. The van der Waals surface area contributed by atoms with Crippen molar-refractivity contribution in [2.45, 2.75) is 25.8 Å². The van der Waals surface area contributed by atoms with Crippen molar-refractivity contribution in [3.63, 3.8) is 0 Å². The van der Waals surface area contributed by atoms with E-state index in [-0.39, 0.29) is 29.3 Å². The highest BCUT2D eigenvalue weighted by atomic mass is 19.4. The fourth-order valence-corrected chi connectivity index (χ4v) is 3.35. The van der Waals surface area contributed by atoms with Crippen LogP contribution in [-0.2, 0) is 16.1 Å². The molecule has 0 unspecified atom stereocenters. The van der Waals surface area contributed by atoms with E-state index in [1.54, 1.807) is 0 Å². The molecule has 6 nitrogen and oxygen atoms in total. The van der Waals surface area contributed by atoms with Crippen LogP contribution in [0.3, 0.4) is 0 Å². The van der Waals surface area contributed by atoms with Gasteiger partial charge in [0.1, 0.15) is 23.6 Å². The van der Waals surface area contributed by atoms with Gasteiger partial charge in [-0.3, -0.25) is 9.78 Å². The standard InChI is InChI=1S/C18H13F4N3O3/c1-8-14(26)12-9(6-23-8)7-28-15(12)13-16(18(20,21)22)24-25(17(13)27)11-4-2-10(19)3-5-11/h2-6,13,15,26H,7H2,1H3/t13-,15+/m1/s1. The molecule has 2 atom stereocenters. The molecule has 0 radical (unpaired) electrons. The zero-order valence-electron chi connectivity index (χ0n) is 14.4. The predicted octanol–water partition coefficient (Wildman–Crippen LogP) is 3.39. The van der Waals surface area contributed by atoms with Crippen LogP contribution in [0.1, 0.15) is 22.9 Å². The van der Waals surface area contributed by atoms with Gasteiger partial charge in [-0.05, 0) is 31.2 Å². The largest absolute Gasteiger partial charge is 0.506 e. The van der Waals surface area contributed by atoms with E-state index in [1.807, 2.05) is 0 Å². The molecular weight excluding hydrogens is 382 g/mol. The van der Waals surface area contributed by atoms with Crippen LogP contribution in [0.2, 0.25) is 0 Å². The van der Waals surface area contributed by atoms with Crippen molar-refractivity contribution < 1.29 is 32.2 Å². The molecule has 0 aliphatic carbocycles. The Morgan fingerprint density at radius 3 is 2.57 bits per heavy atom. The van der Waals surface area contributed by atoms with E-state index < -0.39 is 35.6 Å². The quantitative estimate of drug-likeness (QED) is 0.791. The van der Waals surface area contributed by atoms with Crippen molar-refractivity contribution >= 4 is 17.3 Å². The van der Waals surface area contributed by atoms with Crippen molar-refractivity contribution in [1.29, 1.82) is 0 Å². The van der Waals surface area contributed by atoms with Gasteiger partial charge in [-0.1, -0.05) is 0 Å². The van der Waals surface area contributed by atoms with Crippen LogP contribution in [0, 0.1) is 18.7 Å². The lowest BCUT2D eigenvalue weighted by Gasteiger charge is -2.21. The molecule has 1 aromatic heterocycles. The maximum Gasteiger partial charge on any atom is 0.432 e. The minimum absolute atomic E-state index is 0.0102. The van der Waals surface area contributed by atoms with E-state index in [4.69, 9.17) is 4.74 Å². The average molecular weight is 395 g/mol. The molecule has 146 valence electrons. The van der Waals surface area contributed by atoms with Gasteiger partial charge in [0.05, 0.1) is 18.0 Å². The Kier molecular flexibility index (Phi) is 4.11. The van der Waals surface area contributed by atoms with Crippen LogP contribution in [0.15, 0.2) is 35.6 Å². The molecule has 1 aromatic carbocycles. The molecule has 10 heteroatoms. The van der Waals surface area contributed by atoms with Gasteiger partial charge in [0, 0.05) is 17.3 Å². The number of hydrogen-bond donors (Lipinski definition) is 1. The summed E-state index contributed by atoms with van der Waals surface area (Å²) < 4.78 is 59.5. The third-order valence-corrected chi connectivity index (χ3v) is 4.70. The molecule has 0 bridgehead atoms. The molecule has 28 heavy (non-hydrogen) atoms. The van der Waals surface area contributed by atoms with Crippen LogP contribution in [0.25, 0.3) is 0 Å². The number of fused-ring (bicyclic) bond motifs is 1. The maximum absolute atomic E-state index is 13.6. The second kappa shape index (κ2) is 6.26. The lowest BCUT2D eigenvalue weighted by Crippen LogP contribution is -2.37. The molecule has 1 N–H and O–H groups in total. The van der Waals surface area contributed by atoms with Gasteiger partial charge in [0.15, 0.2) is 5.71 Å². The van der Waals surface area contributed by atoms with E-state index in [9.17, 15) is 27.5 Å². The number of pyridine rings is 1. The molecule has 0 fully saturated rings. The van der Waals surface area contributed by atoms with Crippen molar-refractivity contribution in [3.05, 3.63) is 53.1 Å². The van der Waals surface area contributed by atoms with Crippen molar-refractivity contribution in [2.24, 2.45) is 11.0 Å². The second-order valence-electron chi connectivity index (χ2n) is 6.45. The van der Waals surface area contributed by atoms with Crippen LogP contribution in [-0.4, -0.2) is 27.9 Å². The summed E-state index contributed by atoms with van der Waals surface area (Å²) in [7, 11) is 0. The number of rotatable bonds is 2. The van der Waals surface area contributed by atoms with E-state index in [2.05, 4.69) is 10.1 Å². The summed E-state index contributed by atoms with van der Waals surface area (Å²) in [5.41, 5.74) is -0.635. The molecule has 2 aromatic rings. The Balaban J connectivity index is 1.80. The number of nitrogens with zero attached hydrogens (tertiary/aromatic N) is 3. The van der Waals surface area contributed by atoms with Gasteiger partial charge in [-0.2, -0.15) is 23.3 Å². The van der Waals surface area contributed by atoms with Crippen LogP contribution in [0.5, 0.6) is 5.75 Å². The SMILES string of the molecule is Cc1ncc2c(c1O)[C@@H]([C@H]1C(=O)N(c3ccc(F)cc3)N=C1C(F)(F)F)OC2. The number of amides is 1. The number of ether oxygens (including phenoxy) is 1. The van der Waals surface area contributed by atoms with Crippen molar-refractivity contribution in [2.75, 3.05) is 5.01 Å². The maximum atomic E-state index is 13.6. The molecule has 3 heterocycles. The molecular formula is C18H13F4N3O3.